The number of ether oxygens (including phenoxy) is 4. The molecule has 3 aromatic carbocycles. The normalized spacial score (nSPS) is 10.9. The number of para-hydroxylation sites is 1. The van der Waals surface area contributed by atoms with Crippen LogP contribution in [-0.2, 0) is 17.9 Å². The highest BCUT2D eigenvalue weighted by atomic mass is 16.5. The summed E-state index contributed by atoms with van der Waals surface area (Å²) in [6.45, 7) is 7.88. The number of hydrogen-bond acceptors (Lipinski definition) is 6. The van der Waals surface area contributed by atoms with Gasteiger partial charge in [0.25, 0.3) is 0 Å². The molecule has 0 saturated carbocycles. The van der Waals surface area contributed by atoms with Crippen molar-refractivity contribution in [2.75, 3.05) is 25.6 Å². The lowest BCUT2D eigenvalue weighted by molar-refractivity contribution is -0.111. The summed E-state index contributed by atoms with van der Waals surface area (Å²) < 4.78 is 24.6. The molecule has 1 amide bonds. The van der Waals surface area contributed by atoms with Crippen LogP contribution < -0.4 is 24.3 Å². The van der Waals surface area contributed by atoms with Crippen molar-refractivity contribution in [3.05, 3.63) is 101 Å². The van der Waals surface area contributed by atoms with Crippen molar-refractivity contribution in [1.82, 2.24) is 9.78 Å². The van der Waals surface area contributed by atoms with Crippen LogP contribution >= 0.6 is 0 Å². The van der Waals surface area contributed by atoms with Crippen molar-refractivity contribution >= 4 is 17.7 Å². The van der Waals surface area contributed by atoms with Gasteiger partial charge in [-0.3, -0.25) is 9.48 Å². The minimum Gasteiger partial charge on any atom is -0.496 e. The predicted molar refractivity (Wildman–Crippen MR) is 156 cm³/mol. The first kappa shape index (κ1) is 28.3. The van der Waals surface area contributed by atoms with Gasteiger partial charge in [-0.15, -0.1) is 0 Å². The first-order valence-electron chi connectivity index (χ1n) is 13.2. The zero-order valence-electron chi connectivity index (χ0n) is 23.3. The molecule has 4 aromatic rings. The number of methoxy groups -OCH3 is 1. The lowest BCUT2D eigenvalue weighted by Gasteiger charge is -2.12. The van der Waals surface area contributed by atoms with Crippen LogP contribution in [-0.4, -0.2) is 36.0 Å². The maximum atomic E-state index is 12.6. The molecule has 1 N–H and O–H groups in total. The van der Waals surface area contributed by atoms with E-state index >= 15 is 0 Å². The number of hydrogen-bond donors (Lipinski definition) is 1. The second-order valence-corrected chi connectivity index (χ2v) is 9.02. The highest BCUT2D eigenvalue weighted by molar-refractivity contribution is 6.01. The van der Waals surface area contributed by atoms with Gasteiger partial charge in [0, 0.05) is 17.8 Å². The molecule has 0 saturated heterocycles. The van der Waals surface area contributed by atoms with Gasteiger partial charge in [-0.1, -0.05) is 30.3 Å². The molecule has 4 rings (SSSR count). The SMILES string of the molecule is CCOc1ccc(Cn2cc(NC(=O)/C=C/c3ccc(OC)c(COc4ccccc4C)c3)cn2)cc1OCC. The van der Waals surface area contributed by atoms with Crippen molar-refractivity contribution in [3.63, 3.8) is 0 Å². The van der Waals surface area contributed by atoms with E-state index in [0.29, 0.717) is 37.8 Å². The van der Waals surface area contributed by atoms with Crippen molar-refractivity contribution in [2.45, 2.75) is 33.9 Å². The molecule has 8 heteroatoms. The maximum Gasteiger partial charge on any atom is 0.248 e. The van der Waals surface area contributed by atoms with Crippen molar-refractivity contribution in [2.24, 2.45) is 0 Å². The van der Waals surface area contributed by atoms with Crippen LogP contribution in [0.5, 0.6) is 23.0 Å². The Labute approximate surface area is 235 Å². The Bertz CT molecular complexity index is 1460. The van der Waals surface area contributed by atoms with Crippen LogP contribution in [0.25, 0.3) is 6.08 Å². The number of carbonyl (C=O) groups is 1. The minimum atomic E-state index is -0.257. The molecule has 0 bridgehead atoms. The topological polar surface area (TPSA) is 83.8 Å². The van der Waals surface area contributed by atoms with Gasteiger partial charge in [-0.05, 0) is 73.9 Å². The van der Waals surface area contributed by atoms with Crippen LogP contribution in [0, 0.1) is 6.92 Å². The van der Waals surface area contributed by atoms with Crippen molar-refractivity contribution in [1.29, 1.82) is 0 Å². The zero-order chi connectivity index (χ0) is 28.3. The molecule has 208 valence electrons. The van der Waals surface area contributed by atoms with E-state index in [1.807, 2.05) is 81.4 Å². The Morgan fingerprint density at radius 1 is 0.925 bits per heavy atom. The smallest absolute Gasteiger partial charge is 0.248 e. The number of nitrogens with zero attached hydrogens (tertiary/aromatic N) is 2. The van der Waals surface area contributed by atoms with Gasteiger partial charge in [0.15, 0.2) is 11.5 Å². The maximum absolute atomic E-state index is 12.6. The van der Waals surface area contributed by atoms with E-state index in [1.165, 1.54) is 6.08 Å². The first-order valence-corrected chi connectivity index (χ1v) is 13.2. The number of nitrogens with one attached hydrogen (secondary N) is 1. The molecule has 0 aliphatic heterocycles. The molecular weight excluding hydrogens is 506 g/mol. The largest absolute Gasteiger partial charge is 0.496 e. The summed E-state index contributed by atoms with van der Waals surface area (Å²) in [5.74, 6) is 2.71. The third kappa shape index (κ3) is 7.66. The predicted octanol–water partition coefficient (Wildman–Crippen LogP) is 6.28. The fourth-order valence-electron chi connectivity index (χ4n) is 4.14. The van der Waals surface area contributed by atoms with Gasteiger partial charge >= 0.3 is 0 Å². The van der Waals surface area contributed by atoms with Crippen LogP contribution in [0.3, 0.4) is 0 Å². The fraction of sp³-hybridized carbons (Fsp3) is 0.250. The van der Waals surface area contributed by atoms with E-state index < -0.39 is 0 Å². The summed E-state index contributed by atoms with van der Waals surface area (Å²) in [6, 6.07) is 19.4. The zero-order valence-corrected chi connectivity index (χ0v) is 23.3. The van der Waals surface area contributed by atoms with Crippen LogP contribution in [0.15, 0.2) is 79.1 Å². The van der Waals surface area contributed by atoms with Crippen molar-refractivity contribution < 1.29 is 23.7 Å². The van der Waals surface area contributed by atoms with Gasteiger partial charge in [-0.2, -0.15) is 5.10 Å². The molecule has 1 aromatic heterocycles. The number of benzene rings is 3. The highest BCUT2D eigenvalue weighted by Gasteiger charge is 2.09. The summed E-state index contributed by atoms with van der Waals surface area (Å²) in [6.07, 6.45) is 6.66. The monoisotopic (exact) mass is 541 g/mol. The van der Waals surface area contributed by atoms with Crippen LogP contribution in [0.1, 0.15) is 36.1 Å². The molecule has 0 aliphatic carbocycles. The molecule has 1 heterocycles. The third-order valence-corrected chi connectivity index (χ3v) is 6.06. The number of anilines is 1. The average molecular weight is 542 g/mol. The van der Waals surface area contributed by atoms with Crippen molar-refractivity contribution in [3.8, 4) is 23.0 Å². The number of aryl methyl sites for hydroxylation is 1. The van der Waals surface area contributed by atoms with Crippen LogP contribution in [0.2, 0.25) is 0 Å². The van der Waals surface area contributed by atoms with Gasteiger partial charge in [0.2, 0.25) is 5.91 Å². The molecule has 0 spiro atoms. The van der Waals surface area contributed by atoms with E-state index in [1.54, 1.807) is 30.3 Å². The minimum absolute atomic E-state index is 0.257. The van der Waals surface area contributed by atoms with E-state index in [9.17, 15) is 4.79 Å². The summed E-state index contributed by atoms with van der Waals surface area (Å²) in [4.78, 5) is 12.6. The molecule has 0 aliphatic rings. The summed E-state index contributed by atoms with van der Waals surface area (Å²) in [5.41, 5.74) is 4.42. The Hall–Kier alpha value is -4.72. The fourth-order valence-corrected chi connectivity index (χ4v) is 4.14. The summed E-state index contributed by atoms with van der Waals surface area (Å²) >= 11 is 0. The Morgan fingerprint density at radius 3 is 2.48 bits per heavy atom. The second-order valence-electron chi connectivity index (χ2n) is 9.02. The number of rotatable bonds is 13. The van der Waals surface area contributed by atoms with Gasteiger partial charge in [-0.25, -0.2) is 0 Å². The molecule has 0 unspecified atom stereocenters. The Balaban J connectivity index is 1.36. The highest BCUT2D eigenvalue weighted by Crippen LogP contribution is 2.29. The van der Waals surface area contributed by atoms with Crippen LogP contribution in [0.4, 0.5) is 5.69 Å². The van der Waals surface area contributed by atoms with Gasteiger partial charge in [0.05, 0.1) is 38.8 Å². The lowest BCUT2D eigenvalue weighted by atomic mass is 10.1. The molecule has 0 fully saturated rings. The van der Waals surface area contributed by atoms with E-state index in [0.717, 1.165) is 39.5 Å². The van der Waals surface area contributed by atoms with Gasteiger partial charge in [0.1, 0.15) is 18.1 Å². The average Bonchev–Trinajstić information content (AvgIpc) is 3.39. The standard InChI is InChI=1S/C32H35N3O5/c1-5-38-30-15-12-25(18-31(30)39-6-2)20-35-21-27(19-33-35)34-32(36)16-13-24-11-14-29(37-4)26(17-24)22-40-28-10-8-7-9-23(28)3/h7-19,21H,5-6,20,22H2,1-4H3,(H,34,36)/b16-13+. The molecular formula is C32H35N3O5. The Kier molecular flexibility index (Phi) is 9.83. The molecule has 0 atom stereocenters. The second kappa shape index (κ2) is 13.9. The third-order valence-electron chi connectivity index (χ3n) is 6.06. The summed E-state index contributed by atoms with van der Waals surface area (Å²) in [7, 11) is 1.63. The van der Waals surface area contributed by atoms with E-state index in [-0.39, 0.29) is 5.91 Å². The molecule has 0 radical (unpaired) electrons. The molecule has 8 nitrogen and oxygen atoms in total. The first-order chi connectivity index (χ1) is 19.5. The van der Waals surface area contributed by atoms with E-state index in [4.69, 9.17) is 18.9 Å². The van der Waals surface area contributed by atoms with Gasteiger partial charge < -0.3 is 24.3 Å². The summed E-state index contributed by atoms with van der Waals surface area (Å²) in [5, 5.41) is 7.24. The number of carbonyl (C=O) groups excluding carboxylic acids is 1. The molecule has 40 heavy (non-hydrogen) atoms. The van der Waals surface area contributed by atoms with E-state index in [2.05, 4.69) is 10.4 Å². The Morgan fingerprint density at radius 2 is 1.70 bits per heavy atom. The number of aromatic nitrogens is 2. The number of amides is 1. The lowest BCUT2D eigenvalue weighted by Crippen LogP contribution is -2.07. The quantitative estimate of drug-likeness (QED) is 0.201.